The van der Waals surface area contributed by atoms with Gasteiger partial charge in [0.15, 0.2) is 0 Å². The first-order chi connectivity index (χ1) is 12.2. The highest BCUT2D eigenvalue weighted by Gasteiger charge is 2.21. The van der Waals surface area contributed by atoms with Gasteiger partial charge in [-0.05, 0) is 61.3 Å². The maximum absolute atomic E-state index is 5.90. The van der Waals surface area contributed by atoms with Gasteiger partial charge in [0.25, 0.3) is 0 Å². The van der Waals surface area contributed by atoms with Crippen LogP contribution in [0.5, 0.6) is 5.75 Å². The molecular formula is C21H29Cl3N2O. The highest BCUT2D eigenvalue weighted by Crippen LogP contribution is 2.17. The van der Waals surface area contributed by atoms with E-state index in [4.69, 9.17) is 16.3 Å². The van der Waals surface area contributed by atoms with Crippen molar-refractivity contribution in [2.75, 3.05) is 19.6 Å². The molecule has 0 bridgehead atoms. The number of nitrogens with one attached hydrogen (secondary N) is 1. The minimum absolute atomic E-state index is 0. The molecule has 0 radical (unpaired) electrons. The molecule has 0 amide bonds. The highest BCUT2D eigenvalue weighted by molar-refractivity contribution is 6.30. The lowest BCUT2D eigenvalue weighted by atomic mass is 10.2. The molecule has 3 nitrogen and oxygen atoms in total. The Kier molecular flexibility index (Phi) is 11.1. The highest BCUT2D eigenvalue weighted by atomic mass is 35.5. The first-order valence-electron chi connectivity index (χ1n) is 9.15. The Morgan fingerprint density at radius 1 is 1.04 bits per heavy atom. The Balaban J connectivity index is 0.00000182. The van der Waals surface area contributed by atoms with Gasteiger partial charge in [-0.25, -0.2) is 0 Å². The van der Waals surface area contributed by atoms with Crippen LogP contribution < -0.4 is 10.1 Å². The molecule has 3 rings (SSSR count). The van der Waals surface area contributed by atoms with Crippen molar-refractivity contribution in [3.63, 3.8) is 0 Å². The van der Waals surface area contributed by atoms with Crippen LogP contribution in [-0.4, -0.2) is 30.6 Å². The summed E-state index contributed by atoms with van der Waals surface area (Å²) >= 11 is 5.90. The van der Waals surface area contributed by atoms with Crippen LogP contribution in [0.2, 0.25) is 5.02 Å². The summed E-state index contributed by atoms with van der Waals surface area (Å²) in [4.78, 5) is 2.57. The maximum atomic E-state index is 5.90. The first-order valence-corrected chi connectivity index (χ1v) is 9.53. The smallest absolute Gasteiger partial charge is 0.119 e. The fraction of sp³-hybridized carbons (Fsp3) is 0.429. The summed E-state index contributed by atoms with van der Waals surface area (Å²) in [6.45, 7) is 7.20. The minimum atomic E-state index is 0. The van der Waals surface area contributed by atoms with Gasteiger partial charge in [0.1, 0.15) is 12.4 Å². The number of hydrogen-bond acceptors (Lipinski definition) is 3. The zero-order valence-corrected chi connectivity index (χ0v) is 18.1. The molecule has 0 spiro atoms. The van der Waals surface area contributed by atoms with Gasteiger partial charge in [0.05, 0.1) is 0 Å². The number of hydrogen-bond donors (Lipinski definition) is 1. The van der Waals surface area contributed by atoms with Crippen molar-refractivity contribution in [1.29, 1.82) is 0 Å². The summed E-state index contributed by atoms with van der Waals surface area (Å²) in [6.07, 6.45) is 2.65. The number of ether oxygens (including phenoxy) is 1. The zero-order chi connectivity index (χ0) is 17.5. The number of nitrogens with zero attached hydrogens (tertiary/aromatic N) is 1. The fourth-order valence-corrected chi connectivity index (χ4v) is 3.50. The van der Waals surface area contributed by atoms with E-state index >= 15 is 0 Å². The Morgan fingerprint density at radius 3 is 2.37 bits per heavy atom. The van der Waals surface area contributed by atoms with Gasteiger partial charge < -0.3 is 10.1 Å². The molecule has 0 saturated carbocycles. The van der Waals surface area contributed by atoms with Gasteiger partial charge in [-0.2, -0.15) is 0 Å². The van der Waals surface area contributed by atoms with Crippen LogP contribution in [0, 0.1) is 0 Å². The van der Waals surface area contributed by atoms with E-state index in [-0.39, 0.29) is 24.8 Å². The van der Waals surface area contributed by atoms with Gasteiger partial charge in [-0.1, -0.05) is 42.8 Å². The van der Waals surface area contributed by atoms with E-state index in [1.165, 1.54) is 24.9 Å². The molecule has 1 N–H and O–H groups in total. The van der Waals surface area contributed by atoms with Crippen molar-refractivity contribution in [2.45, 2.75) is 39.0 Å². The predicted octanol–water partition coefficient (Wildman–Crippen LogP) is 5.34. The molecule has 1 heterocycles. The normalized spacial score (nSPS) is 16.4. The minimum Gasteiger partial charge on any atom is -0.489 e. The Labute approximate surface area is 180 Å². The van der Waals surface area contributed by atoms with Crippen molar-refractivity contribution in [3.05, 3.63) is 64.7 Å². The van der Waals surface area contributed by atoms with Gasteiger partial charge in [0.2, 0.25) is 0 Å². The van der Waals surface area contributed by atoms with Crippen molar-refractivity contribution < 1.29 is 4.74 Å². The molecule has 0 aromatic heterocycles. The Morgan fingerprint density at radius 2 is 1.70 bits per heavy atom. The average Bonchev–Trinajstić information content (AvgIpc) is 3.10. The van der Waals surface area contributed by atoms with Crippen LogP contribution in [0.25, 0.3) is 0 Å². The van der Waals surface area contributed by atoms with Crippen molar-refractivity contribution in [1.82, 2.24) is 10.2 Å². The molecule has 1 fully saturated rings. The lowest BCUT2D eigenvalue weighted by Crippen LogP contribution is -2.37. The molecule has 0 aliphatic carbocycles. The number of benzene rings is 2. The lowest BCUT2D eigenvalue weighted by molar-refractivity contribution is 0.260. The fourth-order valence-electron chi connectivity index (χ4n) is 3.38. The van der Waals surface area contributed by atoms with Gasteiger partial charge >= 0.3 is 0 Å². The van der Waals surface area contributed by atoms with Crippen LogP contribution >= 0.6 is 36.4 Å². The molecule has 2 aromatic carbocycles. The summed E-state index contributed by atoms with van der Waals surface area (Å²) in [5.41, 5.74) is 2.41. The van der Waals surface area contributed by atoms with E-state index in [0.29, 0.717) is 12.6 Å². The molecule has 6 heteroatoms. The molecule has 2 aromatic rings. The lowest BCUT2D eigenvalue weighted by Gasteiger charge is -2.23. The second-order valence-corrected chi connectivity index (χ2v) is 7.05. The summed E-state index contributed by atoms with van der Waals surface area (Å²) in [5.74, 6) is 0.895. The zero-order valence-electron chi connectivity index (χ0n) is 15.7. The van der Waals surface area contributed by atoms with Crippen LogP contribution in [0.1, 0.15) is 30.9 Å². The van der Waals surface area contributed by atoms with Crippen LogP contribution in [0.3, 0.4) is 0 Å². The second kappa shape index (κ2) is 12.5. The maximum Gasteiger partial charge on any atom is 0.119 e. The van der Waals surface area contributed by atoms with Crippen molar-refractivity contribution in [3.8, 4) is 5.75 Å². The van der Waals surface area contributed by atoms with E-state index < -0.39 is 0 Å². The van der Waals surface area contributed by atoms with Gasteiger partial charge in [-0.15, -0.1) is 24.8 Å². The third kappa shape index (κ3) is 7.52. The summed E-state index contributed by atoms with van der Waals surface area (Å²) in [5, 5.41) is 4.35. The van der Waals surface area contributed by atoms with Crippen molar-refractivity contribution in [2.24, 2.45) is 0 Å². The quantitative estimate of drug-likeness (QED) is 0.611. The van der Waals surface area contributed by atoms with Crippen molar-refractivity contribution >= 4 is 36.4 Å². The predicted molar refractivity (Wildman–Crippen MR) is 119 cm³/mol. The van der Waals surface area contributed by atoms with E-state index in [0.717, 1.165) is 36.0 Å². The van der Waals surface area contributed by atoms with E-state index in [2.05, 4.69) is 29.3 Å². The number of rotatable bonds is 8. The molecule has 1 aliphatic rings. The van der Waals surface area contributed by atoms with E-state index in [9.17, 15) is 0 Å². The second-order valence-electron chi connectivity index (χ2n) is 6.61. The largest absolute Gasteiger partial charge is 0.489 e. The molecule has 1 saturated heterocycles. The average molecular weight is 432 g/mol. The van der Waals surface area contributed by atoms with Crippen LogP contribution in [-0.2, 0) is 13.2 Å². The Bertz CT molecular complexity index is 649. The summed E-state index contributed by atoms with van der Waals surface area (Å²) < 4.78 is 5.83. The van der Waals surface area contributed by atoms with Crippen LogP contribution in [0.4, 0.5) is 0 Å². The first kappa shape index (κ1) is 24.1. The molecule has 1 atom stereocenters. The third-order valence-electron chi connectivity index (χ3n) is 4.86. The summed E-state index contributed by atoms with van der Waals surface area (Å²) in [6, 6.07) is 16.8. The monoisotopic (exact) mass is 430 g/mol. The molecule has 150 valence electrons. The Hall–Kier alpha value is -0.970. The van der Waals surface area contributed by atoms with Gasteiger partial charge in [0, 0.05) is 24.2 Å². The SMILES string of the molecule is CCN1CCCC1CNCc1ccc(OCc2ccc(Cl)cc2)cc1.Cl.Cl. The van der Waals surface area contributed by atoms with Gasteiger partial charge in [-0.3, -0.25) is 4.90 Å². The standard InChI is InChI=1S/C21H27ClN2O.2ClH/c1-2-24-13-3-4-20(24)15-23-14-17-7-11-21(12-8-17)25-16-18-5-9-19(22)10-6-18;;/h5-12,20,23H,2-4,13-16H2,1H3;2*1H. The molecular weight excluding hydrogens is 403 g/mol. The molecule has 1 aliphatic heterocycles. The molecule has 1 unspecified atom stereocenters. The third-order valence-corrected chi connectivity index (χ3v) is 5.11. The van der Waals surface area contributed by atoms with Crippen LogP contribution in [0.15, 0.2) is 48.5 Å². The molecule has 27 heavy (non-hydrogen) atoms. The number of likely N-dealkylation sites (tertiary alicyclic amines) is 1. The number of halogens is 3. The van der Waals surface area contributed by atoms with E-state index in [1.807, 2.05) is 36.4 Å². The summed E-state index contributed by atoms with van der Waals surface area (Å²) in [7, 11) is 0. The topological polar surface area (TPSA) is 24.5 Å². The van der Waals surface area contributed by atoms with E-state index in [1.54, 1.807) is 0 Å². The number of likely N-dealkylation sites (N-methyl/N-ethyl adjacent to an activating group) is 1.